The lowest BCUT2D eigenvalue weighted by Gasteiger charge is -2.33. The van der Waals surface area contributed by atoms with Crippen molar-refractivity contribution < 1.29 is 9.90 Å². The molecule has 0 aromatic rings. The quantitative estimate of drug-likeness (QED) is 0.648. The molecule has 0 saturated carbocycles. The van der Waals surface area contributed by atoms with Gasteiger partial charge in [0.1, 0.15) is 0 Å². The maximum Gasteiger partial charge on any atom is 0.227 e. The molecule has 1 aliphatic heterocycles. The van der Waals surface area contributed by atoms with Gasteiger partial charge in [-0.25, -0.2) is 0 Å². The minimum atomic E-state index is -0.254. The Morgan fingerprint density at radius 2 is 2.35 bits per heavy atom. The Morgan fingerprint density at radius 1 is 1.59 bits per heavy atom. The number of amides is 1. The zero-order chi connectivity index (χ0) is 12.7. The van der Waals surface area contributed by atoms with Crippen LogP contribution in [0, 0.1) is 11.3 Å². The van der Waals surface area contributed by atoms with Crippen LogP contribution >= 0.6 is 0 Å². The molecule has 1 saturated heterocycles. The molecule has 1 fully saturated rings. The molecule has 1 rings (SSSR count). The van der Waals surface area contributed by atoms with Gasteiger partial charge >= 0.3 is 0 Å². The highest BCUT2D eigenvalue weighted by Gasteiger charge is 2.34. The molecule has 0 aromatic carbocycles. The SMILES string of the molecule is CCC(CCO)CNC(=O)C1(C)CCCNC1. The number of aliphatic hydroxyl groups excluding tert-OH is 1. The normalized spacial score (nSPS) is 26.5. The molecule has 17 heavy (non-hydrogen) atoms. The Hall–Kier alpha value is -0.610. The van der Waals surface area contributed by atoms with Crippen molar-refractivity contribution in [2.75, 3.05) is 26.2 Å². The highest BCUT2D eigenvalue weighted by molar-refractivity contribution is 5.82. The molecule has 4 nitrogen and oxygen atoms in total. The highest BCUT2D eigenvalue weighted by atomic mass is 16.3. The standard InChI is InChI=1S/C13H26N2O2/c1-3-11(5-8-16)9-15-12(17)13(2)6-4-7-14-10-13/h11,14,16H,3-10H2,1-2H3,(H,15,17). The number of piperidine rings is 1. The van der Waals surface area contributed by atoms with Gasteiger partial charge in [0, 0.05) is 19.7 Å². The monoisotopic (exact) mass is 242 g/mol. The average Bonchev–Trinajstić information content (AvgIpc) is 2.35. The predicted molar refractivity (Wildman–Crippen MR) is 68.7 cm³/mol. The fourth-order valence-electron chi connectivity index (χ4n) is 2.33. The minimum Gasteiger partial charge on any atom is -0.396 e. The van der Waals surface area contributed by atoms with Crippen LogP contribution in [0.25, 0.3) is 0 Å². The summed E-state index contributed by atoms with van der Waals surface area (Å²) in [6.07, 6.45) is 3.79. The summed E-state index contributed by atoms with van der Waals surface area (Å²) in [4.78, 5) is 12.1. The van der Waals surface area contributed by atoms with Crippen LogP contribution in [0.4, 0.5) is 0 Å². The van der Waals surface area contributed by atoms with Gasteiger partial charge in [-0.1, -0.05) is 13.3 Å². The van der Waals surface area contributed by atoms with E-state index in [0.717, 1.165) is 38.8 Å². The van der Waals surface area contributed by atoms with Gasteiger partial charge in [0.25, 0.3) is 0 Å². The minimum absolute atomic E-state index is 0.154. The molecule has 1 heterocycles. The second-order valence-corrected chi connectivity index (χ2v) is 5.34. The van der Waals surface area contributed by atoms with Crippen LogP contribution in [-0.4, -0.2) is 37.3 Å². The lowest BCUT2D eigenvalue weighted by molar-refractivity contribution is -0.131. The summed E-state index contributed by atoms with van der Waals surface area (Å²) in [6, 6.07) is 0. The summed E-state index contributed by atoms with van der Waals surface area (Å²) >= 11 is 0. The number of carbonyl (C=O) groups is 1. The third kappa shape index (κ3) is 4.28. The van der Waals surface area contributed by atoms with Gasteiger partial charge in [-0.15, -0.1) is 0 Å². The summed E-state index contributed by atoms with van der Waals surface area (Å²) in [7, 11) is 0. The van der Waals surface area contributed by atoms with Crippen LogP contribution < -0.4 is 10.6 Å². The molecular formula is C13H26N2O2. The number of hydrogen-bond donors (Lipinski definition) is 3. The van der Waals surface area contributed by atoms with Crippen LogP contribution in [0.3, 0.4) is 0 Å². The number of nitrogens with one attached hydrogen (secondary N) is 2. The lowest BCUT2D eigenvalue weighted by atomic mass is 9.82. The van der Waals surface area contributed by atoms with E-state index in [4.69, 9.17) is 5.11 Å². The van der Waals surface area contributed by atoms with Crippen LogP contribution in [-0.2, 0) is 4.79 Å². The number of rotatable bonds is 6. The Bertz CT molecular complexity index is 238. The van der Waals surface area contributed by atoms with E-state index < -0.39 is 0 Å². The molecule has 1 amide bonds. The number of hydrogen-bond acceptors (Lipinski definition) is 3. The molecule has 4 heteroatoms. The third-order valence-electron chi connectivity index (χ3n) is 3.81. The van der Waals surface area contributed by atoms with Crippen LogP contribution in [0.5, 0.6) is 0 Å². The average molecular weight is 242 g/mol. The molecule has 3 N–H and O–H groups in total. The maximum atomic E-state index is 12.1. The van der Waals surface area contributed by atoms with Gasteiger partial charge in [0.05, 0.1) is 5.41 Å². The topological polar surface area (TPSA) is 61.4 Å². The maximum absolute atomic E-state index is 12.1. The molecular weight excluding hydrogens is 216 g/mol. The van der Waals surface area contributed by atoms with Crippen molar-refractivity contribution in [1.29, 1.82) is 0 Å². The van der Waals surface area contributed by atoms with Gasteiger partial charge in [-0.3, -0.25) is 4.79 Å². The smallest absolute Gasteiger partial charge is 0.227 e. The van der Waals surface area contributed by atoms with E-state index in [1.165, 1.54) is 0 Å². The lowest BCUT2D eigenvalue weighted by Crippen LogP contribution is -2.49. The molecule has 0 aromatic heterocycles. The van der Waals surface area contributed by atoms with Gasteiger partial charge in [0.2, 0.25) is 5.91 Å². The van der Waals surface area contributed by atoms with Crippen molar-refractivity contribution in [1.82, 2.24) is 10.6 Å². The van der Waals surface area contributed by atoms with E-state index in [2.05, 4.69) is 17.6 Å². The Morgan fingerprint density at radius 3 is 2.88 bits per heavy atom. The summed E-state index contributed by atoms with van der Waals surface area (Å²) in [5.74, 6) is 0.546. The number of carbonyl (C=O) groups excluding carboxylic acids is 1. The van der Waals surface area contributed by atoms with Crippen molar-refractivity contribution in [3.8, 4) is 0 Å². The van der Waals surface area contributed by atoms with Gasteiger partial charge in [-0.05, 0) is 38.6 Å². The summed E-state index contributed by atoms with van der Waals surface area (Å²) in [5.41, 5.74) is -0.254. The number of aliphatic hydroxyl groups is 1. The Labute approximate surface area is 104 Å². The first kappa shape index (κ1) is 14.5. The first-order chi connectivity index (χ1) is 8.12. The van der Waals surface area contributed by atoms with E-state index >= 15 is 0 Å². The van der Waals surface area contributed by atoms with Crippen molar-refractivity contribution in [3.05, 3.63) is 0 Å². The van der Waals surface area contributed by atoms with Crippen molar-refractivity contribution in [3.63, 3.8) is 0 Å². The van der Waals surface area contributed by atoms with E-state index in [9.17, 15) is 4.79 Å². The zero-order valence-electron chi connectivity index (χ0n) is 11.1. The second kappa shape index (κ2) is 6.97. The highest BCUT2D eigenvalue weighted by Crippen LogP contribution is 2.25. The zero-order valence-corrected chi connectivity index (χ0v) is 11.1. The molecule has 0 radical (unpaired) electrons. The van der Waals surface area contributed by atoms with E-state index in [1.54, 1.807) is 0 Å². The predicted octanol–water partition coefficient (Wildman–Crippen LogP) is 0.901. The summed E-state index contributed by atoms with van der Waals surface area (Å²) < 4.78 is 0. The molecule has 0 spiro atoms. The molecule has 100 valence electrons. The van der Waals surface area contributed by atoms with Crippen molar-refractivity contribution >= 4 is 5.91 Å². The first-order valence-electron chi connectivity index (χ1n) is 6.72. The van der Waals surface area contributed by atoms with Crippen LogP contribution in [0.15, 0.2) is 0 Å². The Kier molecular flexibility index (Phi) is 5.92. The van der Waals surface area contributed by atoms with Crippen molar-refractivity contribution in [2.45, 2.75) is 39.5 Å². The third-order valence-corrected chi connectivity index (χ3v) is 3.81. The second-order valence-electron chi connectivity index (χ2n) is 5.34. The molecule has 0 bridgehead atoms. The largest absolute Gasteiger partial charge is 0.396 e. The molecule has 2 atom stereocenters. The molecule has 1 aliphatic rings. The molecule has 0 aliphatic carbocycles. The Balaban J connectivity index is 2.37. The van der Waals surface area contributed by atoms with E-state index in [-0.39, 0.29) is 17.9 Å². The fraction of sp³-hybridized carbons (Fsp3) is 0.923. The van der Waals surface area contributed by atoms with Crippen molar-refractivity contribution in [2.24, 2.45) is 11.3 Å². The van der Waals surface area contributed by atoms with E-state index in [1.807, 2.05) is 6.92 Å². The van der Waals surface area contributed by atoms with Crippen LogP contribution in [0.2, 0.25) is 0 Å². The van der Waals surface area contributed by atoms with Gasteiger partial charge in [0.15, 0.2) is 0 Å². The first-order valence-corrected chi connectivity index (χ1v) is 6.72. The fourth-order valence-corrected chi connectivity index (χ4v) is 2.33. The van der Waals surface area contributed by atoms with Crippen LogP contribution in [0.1, 0.15) is 39.5 Å². The summed E-state index contributed by atoms with van der Waals surface area (Å²) in [5, 5.41) is 15.2. The molecule has 2 unspecified atom stereocenters. The van der Waals surface area contributed by atoms with Gasteiger partial charge in [-0.2, -0.15) is 0 Å². The van der Waals surface area contributed by atoms with E-state index in [0.29, 0.717) is 12.5 Å². The van der Waals surface area contributed by atoms with Gasteiger partial charge < -0.3 is 15.7 Å². The summed E-state index contributed by atoms with van der Waals surface area (Å²) in [6.45, 7) is 6.80.